The molecule has 0 radical (unpaired) electrons. The first-order valence-corrected chi connectivity index (χ1v) is 7.91. The second-order valence-corrected chi connectivity index (χ2v) is 7.20. The average Bonchev–Trinajstić information content (AvgIpc) is 2.40. The third kappa shape index (κ3) is 2.99. The summed E-state index contributed by atoms with van der Waals surface area (Å²) in [5.41, 5.74) is 5.64. The molecular weight excluding hydrogens is 240 g/mol. The van der Waals surface area contributed by atoms with Gasteiger partial charge in [-0.15, -0.1) is 0 Å². The van der Waals surface area contributed by atoms with Crippen LogP contribution >= 0.6 is 0 Å². The molecule has 0 aliphatic carbocycles. The van der Waals surface area contributed by atoms with Gasteiger partial charge >= 0.3 is 0 Å². The predicted molar refractivity (Wildman–Crippen MR) is 66.1 cm³/mol. The lowest BCUT2D eigenvalue weighted by Gasteiger charge is -2.35. The van der Waals surface area contributed by atoms with E-state index in [1.54, 1.807) is 4.31 Å². The molecule has 2 fully saturated rings. The highest BCUT2D eigenvalue weighted by atomic mass is 32.2. The van der Waals surface area contributed by atoms with E-state index in [1.165, 1.54) is 0 Å². The molecule has 2 N–H and O–H groups in total. The third-order valence-corrected chi connectivity index (χ3v) is 5.98. The van der Waals surface area contributed by atoms with Crippen LogP contribution in [0, 0.1) is 5.92 Å². The summed E-state index contributed by atoms with van der Waals surface area (Å²) in [4.78, 5) is 0. The molecule has 0 aromatic rings. The van der Waals surface area contributed by atoms with Crippen LogP contribution in [0.3, 0.4) is 0 Å². The van der Waals surface area contributed by atoms with Crippen molar-refractivity contribution in [2.45, 2.75) is 30.9 Å². The highest BCUT2D eigenvalue weighted by Crippen LogP contribution is 2.24. The largest absolute Gasteiger partial charge is 0.380 e. The van der Waals surface area contributed by atoms with Gasteiger partial charge in [-0.1, -0.05) is 0 Å². The first-order valence-electron chi connectivity index (χ1n) is 6.41. The summed E-state index contributed by atoms with van der Waals surface area (Å²) in [5, 5.41) is -0.340. The molecule has 0 aromatic heterocycles. The van der Waals surface area contributed by atoms with E-state index in [9.17, 15) is 8.42 Å². The Morgan fingerprint density at radius 3 is 2.76 bits per heavy atom. The fourth-order valence-electron chi connectivity index (χ4n) is 2.61. The maximum absolute atomic E-state index is 12.4. The summed E-state index contributed by atoms with van der Waals surface area (Å²) >= 11 is 0. The molecule has 17 heavy (non-hydrogen) atoms. The van der Waals surface area contributed by atoms with Crippen LogP contribution in [0.5, 0.6) is 0 Å². The molecular formula is C11H22N2O3S. The van der Waals surface area contributed by atoms with Gasteiger partial charge in [0.05, 0.1) is 11.9 Å². The third-order valence-electron chi connectivity index (χ3n) is 3.71. The lowest BCUT2D eigenvalue weighted by atomic mass is 10.0. The van der Waals surface area contributed by atoms with E-state index < -0.39 is 10.0 Å². The molecule has 6 heteroatoms. The Labute approximate surface area is 103 Å². The number of hydrogen-bond donors (Lipinski definition) is 1. The maximum Gasteiger partial charge on any atom is 0.219 e. The maximum atomic E-state index is 12.4. The Balaban J connectivity index is 2.03. The van der Waals surface area contributed by atoms with Gasteiger partial charge in [0.2, 0.25) is 10.0 Å². The second kappa shape index (κ2) is 5.65. The minimum atomic E-state index is -3.18. The summed E-state index contributed by atoms with van der Waals surface area (Å²) in [6.07, 6.45) is 3.54. The zero-order valence-electron chi connectivity index (χ0n) is 10.2. The Kier molecular flexibility index (Phi) is 4.41. The summed E-state index contributed by atoms with van der Waals surface area (Å²) in [5.74, 6) is 0.322. The first kappa shape index (κ1) is 13.3. The fraction of sp³-hybridized carbons (Fsp3) is 1.00. The molecule has 100 valence electrons. The summed E-state index contributed by atoms with van der Waals surface area (Å²) in [7, 11) is -3.18. The van der Waals surface area contributed by atoms with Crippen molar-refractivity contribution in [3.63, 3.8) is 0 Å². The van der Waals surface area contributed by atoms with Crippen molar-refractivity contribution in [2.75, 3.05) is 32.8 Å². The fourth-order valence-corrected chi connectivity index (χ4v) is 4.56. The lowest BCUT2D eigenvalue weighted by molar-refractivity contribution is 0.0967. The molecule has 2 unspecified atom stereocenters. The van der Waals surface area contributed by atoms with E-state index in [1.807, 2.05) is 0 Å². The van der Waals surface area contributed by atoms with E-state index >= 15 is 0 Å². The molecule has 2 heterocycles. The van der Waals surface area contributed by atoms with Crippen molar-refractivity contribution in [2.24, 2.45) is 11.7 Å². The van der Waals surface area contributed by atoms with Crippen LogP contribution in [0.1, 0.15) is 25.7 Å². The van der Waals surface area contributed by atoms with Crippen LogP contribution in [0.4, 0.5) is 0 Å². The highest BCUT2D eigenvalue weighted by molar-refractivity contribution is 7.89. The first-order chi connectivity index (χ1) is 8.14. The number of piperidine rings is 1. The summed E-state index contributed by atoms with van der Waals surface area (Å²) in [6, 6.07) is 0. The molecule has 0 aromatic carbocycles. The van der Waals surface area contributed by atoms with Gasteiger partial charge in [-0.3, -0.25) is 0 Å². The highest BCUT2D eigenvalue weighted by Gasteiger charge is 2.35. The van der Waals surface area contributed by atoms with Crippen LogP contribution in [-0.4, -0.2) is 50.8 Å². The van der Waals surface area contributed by atoms with Crippen LogP contribution in [-0.2, 0) is 14.8 Å². The molecule has 0 saturated carbocycles. The van der Waals surface area contributed by atoms with Crippen LogP contribution < -0.4 is 5.73 Å². The van der Waals surface area contributed by atoms with Gasteiger partial charge in [0, 0.05) is 19.7 Å². The zero-order valence-corrected chi connectivity index (χ0v) is 11.0. The Morgan fingerprint density at radius 2 is 2.12 bits per heavy atom. The Morgan fingerprint density at radius 1 is 1.29 bits per heavy atom. The van der Waals surface area contributed by atoms with Gasteiger partial charge in [0.15, 0.2) is 0 Å². The zero-order chi connectivity index (χ0) is 12.3. The topological polar surface area (TPSA) is 72.6 Å². The van der Waals surface area contributed by atoms with Crippen LogP contribution in [0.25, 0.3) is 0 Å². The molecule has 0 amide bonds. The van der Waals surface area contributed by atoms with Crippen molar-refractivity contribution >= 4 is 10.0 Å². The minimum absolute atomic E-state index is 0.322. The molecule has 0 bridgehead atoms. The van der Waals surface area contributed by atoms with Crippen molar-refractivity contribution in [3.05, 3.63) is 0 Å². The van der Waals surface area contributed by atoms with Crippen molar-refractivity contribution < 1.29 is 13.2 Å². The number of ether oxygens (including phenoxy) is 1. The monoisotopic (exact) mass is 262 g/mol. The Hall–Kier alpha value is -0.170. The molecule has 2 aliphatic heterocycles. The summed E-state index contributed by atoms with van der Waals surface area (Å²) < 4.78 is 31.7. The predicted octanol–water partition coefficient (Wildman–Crippen LogP) is 0.166. The van der Waals surface area contributed by atoms with E-state index in [0.29, 0.717) is 38.8 Å². The van der Waals surface area contributed by atoms with E-state index in [2.05, 4.69) is 0 Å². The molecule has 2 rings (SSSR count). The standard InChI is InChI=1S/C11H22N2O3S/c12-7-10-3-1-5-13(8-10)17(14,15)11-4-2-6-16-9-11/h10-11H,1-9,12H2. The molecule has 2 aliphatic rings. The number of nitrogens with two attached hydrogens (primary N) is 1. The number of sulfonamides is 1. The number of hydrogen-bond acceptors (Lipinski definition) is 4. The molecule has 0 spiro atoms. The SMILES string of the molecule is NCC1CCCN(S(=O)(=O)C2CCCOC2)C1. The average molecular weight is 262 g/mol. The molecule has 5 nitrogen and oxygen atoms in total. The number of rotatable bonds is 3. The van der Waals surface area contributed by atoms with Gasteiger partial charge in [0.25, 0.3) is 0 Å². The smallest absolute Gasteiger partial charge is 0.219 e. The Bertz CT molecular complexity index is 339. The van der Waals surface area contributed by atoms with Gasteiger partial charge < -0.3 is 10.5 Å². The van der Waals surface area contributed by atoms with Crippen molar-refractivity contribution in [3.8, 4) is 0 Å². The molecule has 2 atom stereocenters. The quantitative estimate of drug-likeness (QED) is 0.786. The minimum Gasteiger partial charge on any atom is -0.380 e. The van der Waals surface area contributed by atoms with Crippen LogP contribution in [0.2, 0.25) is 0 Å². The van der Waals surface area contributed by atoms with E-state index in [0.717, 1.165) is 25.7 Å². The number of nitrogens with zero attached hydrogens (tertiary/aromatic N) is 1. The van der Waals surface area contributed by atoms with E-state index in [-0.39, 0.29) is 5.25 Å². The van der Waals surface area contributed by atoms with Gasteiger partial charge in [-0.2, -0.15) is 0 Å². The van der Waals surface area contributed by atoms with E-state index in [4.69, 9.17) is 10.5 Å². The van der Waals surface area contributed by atoms with Crippen LogP contribution in [0.15, 0.2) is 0 Å². The van der Waals surface area contributed by atoms with Crippen molar-refractivity contribution in [1.82, 2.24) is 4.31 Å². The normalized spacial score (nSPS) is 32.5. The van der Waals surface area contributed by atoms with Gasteiger partial charge in [0.1, 0.15) is 0 Å². The summed E-state index contributed by atoms with van der Waals surface area (Å²) in [6.45, 7) is 2.86. The molecule has 2 saturated heterocycles. The van der Waals surface area contributed by atoms with Gasteiger partial charge in [-0.25, -0.2) is 12.7 Å². The lowest BCUT2D eigenvalue weighted by Crippen LogP contribution is -2.47. The van der Waals surface area contributed by atoms with Crippen molar-refractivity contribution in [1.29, 1.82) is 0 Å². The van der Waals surface area contributed by atoms with Gasteiger partial charge in [-0.05, 0) is 38.1 Å². The second-order valence-electron chi connectivity index (χ2n) is 4.99.